The summed E-state index contributed by atoms with van der Waals surface area (Å²) in [6.07, 6.45) is 1.54. The first kappa shape index (κ1) is 34.0. The number of halogens is 2. The number of nitrogens with zero attached hydrogens (tertiary/aromatic N) is 1. The van der Waals surface area contributed by atoms with Gasteiger partial charge in [-0.25, -0.2) is 0 Å². The summed E-state index contributed by atoms with van der Waals surface area (Å²) < 4.78 is 16.7. The molecule has 2 aliphatic rings. The Morgan fingerprint density at radius 1 is 0.792 bits per heavy atom. The zero-order valence-electron chi connectivity index (χ0n) is 26.8. The second-order valence-electron chi connectivity index (χ2n) is 11.8. The van der Waals surface area contributed by atoms with Gasteiger partial charge >= 0.3 is 5.97 Å². The molecule has 2 heterocycles. The third kappa shape index (κ3) is 8.40. The Balaban J connectivity index is 0.000000182. The largest absolute Gasteiger partial charge is 0.493 e. The van der Waals surface area contributed by atoms with Crippen LogP contribution in [0, 0.1) is 5.92 Å². The van der Waals surface area contributed by atoms with Crippen LogP contribution in [0.15, 0.2) is 127 Å². The number of carbonyl (C=O) groups excluding carboxylic acids is 1. The average Bonchev–Trinajstić information content (AvgIpc) is 3.10. The molecular weight excluding hydrogens is 660 g/mol. The first-order chi connectivity index (χ1) is 23.5. The molecule has 8 heteroatoms. The molecule has 1 saturated heterocycles. The van der Waals surface area contributed by atoms with Gasteiger partial charge in [-0.1, -0.05) is 126 Å². The van der Waals surface area contributed by atoms with E-state index < -0.39 is 7.92 Å². The van der Waals surface area contributed by atoms with Crippen LogP contribution >= 0.6 is 31.1 Å². The molecule has 0 amide bonds. The van der Waals surface area contributed by atoms with Crippen LogP contribution in [0.3, 0.4) is 0 Å². The van der Waals surface area contributed by atoms with Crippen molar-refractivity contribution in [3.8, 4) is 11.5 Å². The fraction of sp³-hybridized carbons (Fsp3) is 0.225. The van der Waals surface area contributed by atoms with Crippen molar-refractivity contribution in [3.05, 3.63) is 149 Å². The molecule has 0 N–H and O–H groups in total. The van der Waals surface area contributed by atoms with Gasteiger partial charge in [0.25, 0.3) is 0 Å². The molecule has 2 aliphatic heterocycles. The van der Waals surface area contributed by atoms with Crippen LogP contribution in [-0.2, 0) is 22.4 Å². The van der Waals surface area contributed by atoms with Crippen molar-refractivity contribution < 1.29 is 19.0 Å². The van der Waals surface area contributed by atoms with Crippen LogP contribution in [0.25, 0.3) is 0 Å². The van der Waals surface area contributed by atoms with E-state index in [1.165, 1.54) is 23.0 Å². The van der Waals surface area contributed by atoms with Gasteiger partial charge in [-0.05, 0) is 59.6 Å². The Kier molecular flexibility index (Phi) is 11.7. The highest BCUT2D eigenvalue weighted by Gasteiger charge is 2.39. The van der Waals surface area contributed by atoms with Crippen molar-refractivity contribution in [1.29, 1.82) is 0 Å². The van der Waals surface area contributed by atoms with Gasteiger partial charge < -0.3 is 14.2 Å². The minimum atomic E-state index is -0.446. The number of methoxy groups -OCH3 is 1. The molecule has 1 atom stereocenters. The van der Waals surface area contributed by atoms with Crippen molar-refractivity contribution in [2.45, 2.75) is 18.9 Å². The molecule has 5 aromatic rings. The van der Waals surface area contributed by atoms with Crippen LogP contribution in [0.2, 0.25) is 10.0 Å². The molecular formula is C40H38Cl2NO4P. The minimum Gasteiger partial charge on any atom is -0.493 e. The Bertz CT molecular complexity index is 1670. The summed E-state index contributed by atoms with van der Waals surface area (Å²) in [4.78, 5) is 13.8. The summed E-state index contributed by atoms with van der Waals surface area (Å²) in [6, 6.07) is 44.1. The van der Waals surface area contributed by atoms with Crippen LogP contribution < -0.4 is 25.4 Å². The number of benzene rings is 5. The summed E-state index contributed by atoms with van der Waals surface area (Å²) in [5.74, 6) is 1.49. The van der Waals surface area contributed by atoms with Crippen molar-refractivity contribution in [1.82, 2.24) is 4.90 Å². The van der Waals surface area contributed by atoms with Crippen LogP contribution in [-0.4, -0.2) is 50.3 Å². The molecule has 5 aromatic carbocycles. The molecule has 0 aliphatic carbocycles. The van der Waals surface area contributed by atoms with Crippen LogP contribution in [0.5, 0.6) is 11.5 Å². The van der Waals surface area contributed by atoms with Crippen LogP contribution in [0.1, 0.15) is 11.1 Å². The van der Waals surface area contributed by atoms with E-state index in [1.54, 1.807) is 0 Å². The maximum atomic E-state index is 11.6. The van der Waals surface area contributed by atoms with Crippen molar-refractivity contribution in [3.63, 3.8) is 0 Å². The topological polar surface area (TPSA) is 48.0 Å². The van der Waals surface area contributed by atoms with Gasteiger partial charge in [0.1, 0.15) is 18.1 Å². The normalized spacial score (nSPS) is 15.7. The molecule has 0 aromatic heterocycles. The van der Waals surface area contributed by atoms with Gasteiger partial charge in [-0.3, -0.25) is 9.69 Å². The first-order valence-electron chi connectivity index (χ1n) is 16.1. The van der Waals surface area contributed by atoms with Gasteiger partial charge in [0.15, 0.2) is 0 Å². The van der Waals surface area contributed by atoms with Crippen molar-refractivity contribution >= 4 is 53.0 Å². The summed E-state index contributed by atoms with van der Waals surface area (Å²) in [7, 11) is 0.992. The standard InChI is InChI=1S/C22H23Cl2NO4.C18H15P/c1-27-22(26)15-11-25(12-15)16-9-14-5-6-17(10-21(14)29-13-16)28-8-7-18-19(23)3-2-4-20(18)24;1-4-10-16(11-5-1)19(17-12-6-2-7-13-17)18-14-8-3-9-15-18/h2-6,10,15-16H,7-9,11-13H2,1H3;1-15H. The summed E-state index contributed by atoms with van der Waals surface area (Å²) >= 11 is 12.4. The van der Waals surface area contributed by atoms with Gasteiger partial charge in [-0.2, -0.15) is 0 Å². The maximum absolute atomic E-state index is 11.6. The number of fused-ring (bicyclic) bond motifs is 1. The third-order valence-electron chi connectivity index (χ3n) is 8.61. The smallest absolute Gasteiger partial charge is 0.311 e. The van der Waals surface area contributed by atoms with E-state index >= 15 is 0 Å². The van der Waals surface area contributed by atoms with Gasteiger partial charge in [-0.15, -0.1) is 0 Å². The average molecular weight is 699 g/mol. The van der Waals surface area contributed by atoms with Crippen molar-refractivity contribution in [2.24, 2.45) is 5.92 Å². The Morgan fingerprint density at radius 2 is 1.35 bits per heavy atom. The molecule has 7 rings (SSSR count). The van der Waals surface area contributed by atoms with Crippen molar-refractivity contribution in [2.75, 3.05) is 33.4 Å². The number of hydrogen-bond acceptors (Lipinski definition) is 5. The Hall–Kier alpha value is -3.86. The SMILES string of the molecule is COC(=O)C1CN(C2COc3cc(OCCc4c(Cl)cccc4Cl)ccc3C2)C1.c1ccc(P(c2ccccc2)c2ccccc2)cc1. The van der Waals surface area contributed by atoms with E-state index in [-0.39, 0.29) is 17.9 Å². The molecule has 5 nitrogen and oxygen atoms in total. The molecule has 0 radical (unpaired) electrons. The number of rotatable bonds is 9. The van der Waals surface area contributed by atoms with E-state index in [2.05, 4.69) is 102 Å². The Labute approximate surface area is 294 Å². The van der Waals surface area contributed by atoms with E-state index in [0.717, 1.165) is 42.1 Å². The lowest BCUT2D eigenvalue weighted by Gasteiger charge is -2.44. The molecule has 1 unspecified atom stereocenters. The third-order valence-corrected chi connectivity index (χ3v) is 11.8. The minimum absolute atomic E-state index is 0.0104. The quantitative estimate of drug-likeness (QED) is 0.118. The number of esters is 1. The van der Waals surface area contributed by atoms with E-state index in [4.69, 9.17) is 37.4 Å². The number of hydrogen-bond donors (Lipinski definition) is 0. The van der Waals surface area contributed by atoms with E-state index in [0.29, 0.717) is 29.7 Å². The lowest BCUT2D eigenvalue weighted by Crippen LogP contribution is -2.57. The van der Waals surface area contributed by atoms with Gasteiger partial charge in [0.05, 0.1) is 19.6 Å². The second-order valence-corrected chi connectivity index (χ2v) is 14.8. The highest BCUT2D eigenvalue weighted by molar-refractivity contribution is 7.79. The molecule has 1 fully saturated rings. The van der Waals surface area contributed by atoms with E-state index in [1.807, 2.05) is 30.3 Å². The van der Waals surface area contributed by atoms with Gasteiger partial charge in [0, 0.05) is 41.7 Å². The second kappa shape index (κ2) is 16.5. The maximum Gasteiger partial charge on any atom is 0.311 e. The number of carbonyl (C=O) groups is 1. The molecule has 0 saturated carbocycles. The lowest BCUT2D eigenvalue weighted by atomic mass is 9.93. The molecule has 0 spiro atoms. The number of ether oxygens (including phenoxy) is 3. The first-order valence-corrected chi connectivity index (χ1v) is 18.2. The predicted octanol–water partition coefficient (Wildman–Crippen LogP) is 7.47. The molecule has 246 valence electrons. The highest BCUT2D eigenvalue weighted by Crippen LogP contribution is 2.34. The Morgan fingerprint density at radius 3 is 1.90 bits per heavy atom. The van der Waals surface area contributed by atoms with E-state index in [9.17, 15) is 4.79 Å². The predicted molar refractivity (Wildman–Crippen MR) is 197 cm³/mol. The zero-order chi connectivity index (χ0) is 33.3. The zero-order valence-corrected chi connectivity index (χ0v) is 29.2. The fourth-order valence-electron chi connectivity index (χ4n) is 6.01. The molecule has 48 heavy (non-hydrogen) atoms. The lowest BCUT2D eigenvalue weighted by molar-refractivity contribution is -0.153. The fourth-order valence-corrected chi connectivity index (χ4v) is 8.90. The summed E-state index contributed by atoms with van der Waals surface area (Å²) in [5.41, 5.74) is 2.05. The van der Waals surface area contributed by atoms with Gasteiger partial charge in [0.2, 0.25) is 0 Å². The summed E-state index contributed by atoms with van der Waals surface area (Å²) in [6.45, 7) is 2.57. The monoisotopic (exact) mass is 697 g/mol. The summed E-state index contributed by atoms with van der Waals surface area (Å²) in [5, 5.41) is 5.50. The van der Waals surface area contributed by atoms with Crippen LogP contribution in [0.4, 0.5) is 0 Å². The number of likely N-dealkylation sites (tertiary alicyclic amines) is 1. The highest BCUT2D eigenvalue weighted by atomic mass is 35.5. The molecule has 0 bridgehead atoms.